The molecule has 0 radical (unpaired) electrons. The van der Waals surface area contributed by atoms with Crippen molar-refractivity contribution in [2.75, 3.05) is 5.75 Å². The van der Waals surface area contributed by atoms with Crippen LogP contribution in [-0.2, 0) is 23.1 Å². The molecule has 0 aliphatic heterocycles. The van der Waals surface area contributed by atoms with Gasteiger partial charge in [0.25, 0.3) is 0 Å². The van der Waals surface area contributed by atoms with Gasteiger partial charge < -0.3 is 4.74 Å². The first-order valence-corrected chi connectivity index (χ1v) is 10.8. The van der Waals surface area contributed by atoms with Crippen molar-refractivity contribution in [1.82, 2.24) is 9.78 Å². The molecule has 0 fully saturated rings. The zero-order valence-corrected chi connectivity index (χ0v) is 16.9. The summed E-state index contributed by atoms with van der Waals surface area (Å²) in [6, 6.07) is 19.3. The maximum absolute atomic E-state index is 11.0. The van der Waals surface area contributed by atoms with Crippen molar-refractivity contribution in [2.45, 2.75) is 26.4 Å². The summed E-state index contributed by atoms with van der Waals surface area (Å²) >= 11 is 0. The minimum Gasteiger partial charge on any atom is -0.487 e. The van der Waals surface area contributed by atoms with E-state index in [4.69, 9.17) is 9.88 Å². The van der Waals surface area contributed by atoms with Gasteiger partial charge in [0.15, 0.2) is 0 Å². The van der Waals surface area contributed by atoms with Crippen molar-refractivity contribution in [3.63, 3.8) is 0 Å². The molecule has 3 rings (SSSR count). The summed E-state index contributed by atoms with van der Waals surface area (Å²) in [6.45, 7) is 2.00. The Kier molecular flexibility index (Phi) is 6.32. The Labute approximate surface area is 170 Å². The van der Waals surface area contributed by atoms with Gasteiger partial charge in [-0.15, -0.1) is 0 Å². The van der Waals surface area contributed by atoms with Crippen LogP contribution in [0, 0.1) is 18.3 Å². The van der Waals surface area contributed by atoms with Crippen LogP contribution in [0.15, 0.2) is 54.6 Å². The summed E-state index contributed by atoms with van der Waals surface area (Å²) in [4.78, 5) is 0. The lowest BCUT2D eigenvalue weighted by Crippen LogP contribution is -2.16. The molecule has 0 aliphatic carbocycles. The number of rotatable bonds is 8. The topological polar surface area (TPSA) is 111 Å². The van der Waals surface area contributed by atoms with E-state index in [0.717, 1.165) is 11.3 Å². The Morgan fingerprint density at radius 2 is 1.83 bits per heavy atom. The molecule has 0 saturated carbocycles. The van der Waals surface area contributed by atoms with Gasteiger partial charge in [-0.25, -0.2) is 18.2 Å². The minimum absolute atomic E-state index is 0.0367. The molecule has 150 valence electrons. The van der Waals surface area contributed by atoms with E-state index < -0.39 is 10.0 Å². The van der Waals surface area contributed by atoms with E-state index in [1.54, 1.807) is 11.6 Å². The number of sulfonamides is 1. The van der Waals surface area contributed by atoms with Crippen molar-refractivity contribution < 1.29 is 13.2 Å². The summed E-state index contributed by atoms with van der Waals surface area (Å²) in [5, 5.41) is 19.0. The van der Waals surface area contributed by atoms with E-state index in [-0.39, 0.29) is 12.4 Å². The Morgan fingerprint density at radius 3 is 2.45 bits per heavy atom. The molecule has 29 heavy (non-hydrogen) atoms. The SMILES string of the molecule is Cc1nn(-c2ccccc2)c(COc2ccc(CCCS(N)(=O)=O)cc2)c1C#N. The molecule has 0 unspecified atom stereocenters. The van der Waals surface area contributed by atoms with E-state index in [2.05, 4.69) is 11.2 Å². The minimum atomic E-state index is -3.43. The number of aryl methyl sites for hydroxylation is 2. The molecule has 3 aromatic rings. The van der Waals surface area contributed by atoms with Crippen LogP contribution in [0.5, 0.6) is 5.75 Å². The Hall–Kier alpha value is -3.15. The smallest absolute Gasteiger partial charge is 0.209 e. The van der Waals surface area contributed by atoms with E-state index in [1.807, 2.05) is 54.6 Å². The van der Waals surface area contributed by atoms with Crippen LogP contribution in [-0.4, -0.2) is 24.0 Å². The number of nitrogens with two attached hydrogens (primary N) is 1. The van der Waals surface area contributed by atoms with Gasteiger partial charge in [0.2, 0.25) is 10.0 Å². The second-order valence-corrected chi connectivity index (χ2v) is 8.40. The molecular formula is C21H22N4O3S. The third-order valence-electron chi connectivity index (χ3n) is 4.46. The predicted octanol–water partition coefficient (Wildman–Crippen LogP) is 2.85. The van der Waals surface area contributed by atoms with Gasteiger partial charge in [0, 0.05) is 0 Å². The van der Waals surface area contributed by atoms with E-state index in [0.29, 0.717) is 35.5 Å². The van der Waals surface area contributed by atoms with Crippen molar-refractivity contribution in [1.29, 1.82) is 5.26 Å². The number of nitriles is 1. The van der Waals surface area contributed by atoms with Gasteiger partial charge >= 0.3 is 0 Å². The van der Waals surface area contributed by atoms with E-state index in [9.17, 15) is 13.7 Å². The largest absolute Gasteiger partial charge is 0.487 e. The van der Waals surface area contributed by atoms with Crippen molar-refractivity contribution in [2.24, 2.45) is 5.14 Å². The lowest BCUT2D eigenvalue weighted by atomic mass is 10.1. The second kappa shape index (κ2) is 8.90. The molecule has 2 N–H and O–H groups in total. The molecule has 0 bridgehead atoms. The quantitative estimate of drug-likeness (QED) is 0.614. The molecule has 0 spiro atoms. The molecule has 0 saturated heterocycles. The van der Waals surface area contributed by atoms with Crippen molar-refractivity contribution >= 4 is 10.0 Å². The molecule has 0 amide bonds. The molecular weight excluding hydrogens is 388 g/mol. The van der Waals surface area contributed by atoms with E-state index in [1.165, 1.54) is 0 Å². The standard InChI is InChI=1S/C21H22N4O3S/c1-16-20(14-22)21(25(24-16)18-7-3-2-4-8-18)15-28-19-11-9-17(10-12-19)6-5-13-29(23,26)27/h2-4,7-12H,5-6,13,15H2,1H3,(H2,23,26,27). The Bertz CT molecular complexity index is 1120. The van der Waals surface area contributed by atoms with Crippen LogP contribution in [0.3, 0.4) is 0 Å². The summed E-state index contributed by atoms with van der Waals surface area (Å²) in [5.74, 6) is 0.618. The van der Waals surface area contributed by atoms with Crippen LogP contribution in [0.4, 0.5) is 0 Å². The first-order chi connectivity index (χ1) is 13.9. The Balaban J connectivity index is 1.71. The number of aromatic nitrogens is 2. The van der Waals surface area contributed by atoms with Crippen LogP contribution in [0.1, 0.15) is 28.9 Å². The number of hydrogen-bond donors (Lipinski definition) is 1. The van der Waals surface area contributed by atoms with Gasteiger partial charge in [-0.1, -0.05) is 30.3 Å². The maximum Gasteiger partial charge on any atom is 0.209 e. The zero-order chi connectivity index (χ0) is 20.9. The van der Waals surface area contributed by atoms with Crippen molar-refractivity contribution in [3.8, 4) is 17.5 Å². The lowest BCUT2D eigenvalue weighted by molar-refractivity contribution is 0.297. The molecule has 1 aromatic heterocycles. The molecule has 0 atom stereocenters. The van der Waals surface area contributed by atoms with Crippen LogP contribution in [0.2, 0.25) is 0 Å². The third kappa shape index (κ3) is 5.44. The lowest BCUT2D eigenvalue weighted by Gasteiger charge is -2.10. The summed E-state index contributed by atoms with van der Waals surface area (Å²) < 4.78 is 29.6. The molecule has 8 heteroatoms. The summed E-state index contributed by atoms with van der Waals surface area (Å²) in [6.07, 6.45) is 1.09. The number of primary sulfonamides is 1. The molecule has 1 heterocycles. The molecule has 0 aliphatic rings. The highest BCUT2D eigenvalue weighted by Crippen LogP contribution is 2.21. The fourth-order valence-electron chi connectivity index (χ4n) is 3.02. The highest BCUT2D eigenvalue weighted by atomic mass is 32.2. The number of hydrogen-bond acceptors (Lipinski definition) is 5. The predicted molar refractivity (Wildman–Crippen MR) is 110 cm³/mol. The van der Waals surface area contributed by atoms with Gasteiger partial charge in [-0.2, -0.15) is 10.4 Å². The summed E-state index contributed by atoms with van der Waals surface area (Å²) in [5.41, 5.74) is 3.71. The molecule has 2 aromatic carbocycles. The van der Waals surface area contributed by atoms with E-state index >= 15 is 0 Å². The number of nitrogens with zero attached hydrogens (tertiary/aromatic N) is 3. The first kappa shape index (κ1) is 20.6. The van der Waals surface area contributed by atoms with Crippen LogP contribution >= 0.6 is 0 Å². The molecule has 7 nitrogen and oxygen atoms in total. The maximum atomic E-state index is 11.0. The summed E-state index contributed by atoms with van der Waals surface area (Å²) in [7, 11) is -3.43. The monoisotopic (exact) mass is 410 g/mol. The Morgan fingerprint density at radius 1 is 1.14 bits per heavy atom. The van der Waals surface area contributed by atoms with Crippen molar-refractivity contribution in [3.05, 3.63) is 77.1 Å². The number of para-hydroxylation sites is 1. The third-order valence-corrected chi connectivity index (χ3v) is 5.32. The average Bonchev–Trinajstić information content (AvgIpc) is 3.02. The van der Waals surface area contributed by atoms with Crippen LogP contribution in [0.25, 0.3) is 5.69 Å². The average molecular weight is 410 g/mol. The fraction of sp³-hybridized carbons (Fsp3) is 0.238. The van der Waals surface area contributed by atoms with Gasteiger partial charge in [-0.05, 0) is 49.6 Å². The fourth-order valence-corrected chi connectivity index (χ4v) is 3.56. The highest BCUT2D eigenvalue weighted by molar-refractivity contribution is 7.89. The number of ether oxygens (including phenoxy) is 1. The zero-order valence-electron chi connectivity index (χ0n) is 16.1. The normalized spacial score (nSPS) is 11.2. The van der Waals surface area contributed by atoms with Gasteiger partial charge in [0.05, 0.1) is 22.8 Å². The first-order valence-electron chi connectivity index (χ1n) is 9.13. The number of benzene rings is 2. The second-order valence-electron chi connectivity index (χ2n) is 6.67. The highest BCUT2D eigenvalue weighted by Gasteiger charge is 2.17. The van der Waals surface area contributed by atoms with Gasteiger partial charge in [-0.3, -0.25) is 0 Å². The van der Waals surface area contributed by atoms with Crippen LogP contribution < -0.4 is 9.88 Å². The van der Waals surface area contributed by atoms with Gasteiger partial charge in [0.1, 0.15) is 24.0 Å².